The van der Waals surface area contributed by atoms with Crippen molar-refractivity contribution < 1.29 is 195 Å². The number of hydrogen-bond acceptors (Lipinski definition) is 42. The highest BCUT2D eigenvalue weighted by molar-refractivity contribution is 5.86. The van der Waals surface area contributed by atoms with Gasteiger partial charge in [-0.3, -0.25) is 71.9 Å². The van der Waals surface area contributed by atoms with Gasteiger partial charge in [0.1, 0.15) is 74.4 Å². The van der Waals surface area contributed by atoms with Gasteiger partial charge in [-0.05, 0) is 19.3 Å². The topological polar surface area (TPSA) is 560 Å². The molecule has 1 aromatic carbocycles. The Hall–Kier alpha value is -10.7. The van der Waals surface area contributed by atoms with Gasteiger partial charge in [-0.15, -0.1) is 0 Å². The average Bonchev–Trinajstić information content (AvgIpc) is 0.723. The Balaban J connectivity index is 0.00000678. The number of nitrogens with one attached hydrogen (secondary N) is 4. The summed E-state index contributed by atoms with van der Waals surface area (Å²) in [6.45, 7) is 18.3. The summed E-state index contributed by atoms with van der Waals surface area (Å²) in [6.07, 6.45) is -36.3. The number of rotatable bonds is 38. The SMILES string of the molecule is CC(C)C.COC(=O)[C@@]1(OCC2O[C@@H](CN[C@H](C)C(=O)C(C)Cc3c(OC)cc(OC)c(OC)c3OC)C(NC(C)=O)[C@@H](O[C@@H]3OC(COC(C)=O)[C@@H]4OC(=O)[C@]5(C[C@H](OC(C)=O)C(NC(C)=O)C([C@H](OC(C)=O)[C@@H](COC(C)=O)OC(C)=O)O5)O[C@@H]4C3OC(C)=O)[C@H]2OC(C)=O)C[C@@H](OC(C)=O)[C@@H](NC(C)=O)C([C@H](OC(C)=O)[C@@H](COC(C)=O)OC(C)=O)O1. The Morgan fingerprint density at radius 3 is 1.37 bits per heavy atom. The molecule has 5 heterocycles. The fourth-order valence-corrected chi connectivity index (χ4v) is 14.7. The fourth-order valence-electron chi connectivity index (χ4n) is 14.7. The first kappa shape index (κ1) is 105. The van der Waals surface area contributed by atoms with Gasteiger partial charge in [0, 0.05) is 121 Å². The zero-order valence-electron chi connectivity index (χ0n) is 74.3. The van der Waals surface area contributed by atoms with Gasteiger partial charge in [-0.25, -0.2) is 9.59 Å². The molecule has 1 spiro atoms. The van der Waals surface area contributed by atoms with Crippen LogP contribution in [-0.4, -0.2) is 309 Å². The number of esters is 13. The molecule has 5 aliphatic rings. The van der Waals surface area contributed by atoms with Crippen molar-refractivity contribution in [3.63, 3.8) is 0 Å². The summed E-state index contributed by atoms with van der Waals surface area (Å²) in [5, 5.41) is 10.9. The summed E-state index contributed by atoms with van der Waals surface area (Å²) < 4.78 is 143. The van der Waals surface area contributed by atoms with Crippen molar-refractivity contribution in [3.8, 4) is 23.0 Å². The summed E-state index contributed by atoms with van der Waals surface area (Å²) in [5.74, 6) is -23.5. The molecular weight excluding hydrogens is 1670 g/mol. The zero-order chi connectivity index (χ0) is 94.1. The number of ether oxygens (including phenoxy) is 24. The Labute approximate surface area is 720 Å². The van der Waals surface area contributed by atoms with E-state index in [9.17, 15) is 71.9 Å². The molecule has 3 amide bonds. The maximum atomic E-state index is 15.3. The van der Waals surface area contributed by atoms with Crippen molar-refractivity contribution in [1.82, 2.24) is 21.3 Å². The van der Waals surface area contributed by atoms with E-state index >= 15 is 9.59 Å². The highest BCUT2D eigenvalue weighted by Gasteiger charge is 2.68. The number of amides is 3. The normalized spacial score (nSPS) is 27.5. The zero-order valence-corrected chi connectivity index (χ0v) is 74.3. The van der Waals surface area contributed by atoms with E-state index in [1.54, 1.807) is 6.92 Å². The molecule has 45 heteroatoms. The molecule has 125 heavy (non-hydrogen) atoms. The molecule has 5 aliphatic heterocycles. The lowest BCUT2D eigenvalue weighted by atomic mass is 9.86. The highest BCUT2D eigenvalue weighted by atomic mass is 16.8. The van der Waals surface area contributed by atoms with Crippen LogP contribution in [0.15, 0.2) is 6.07 Å². The van der Waals surface area contributed by atoms with E-state index < -0.39 is 293 Å². The Morgan fingerprint density at radius 1 is 0.464 bits per heavy atom. The molecule has 4 N–H and O–H groups in total. The van der Waals surface area contributed by atoms with Gasteiger partial charge in [0.25, 0.3) is 11.6 Å². The van der Waals surface area contributed by atoms with Crippen molar-refractivity contribution >= 4 is 101 Å². The Morgan fingerprint density at radius 2 is 0.928 bits per heavy atom. The van der Waals surface area contributed by atoms with Crippen LogP contribution in [0.4, 0.5) is 0 Å². The predicted octanol–water partition coefficient (Wildman–Crippen LogP) is 0.114. The van der Waals surface area contributed by atoms with E-state index in [1.807, 2.05) is 0 Å². The maximum absolute atomic E-state index is 15.3. The van der Waals surface area contributed by atoms with E-state index in [2.05, 4.69) is 42.0 Å². The van der Waals surface area contributed by atoms with Crippen LogP contribution in [0.2, 0.25) is 0 Å². The first-order valence-corrected chi connectivity index (χ1v) is 39.7. The largest absolute Gasteiger partial charge is 0.496 e. The van der Waals surface area contributed by atoms with Gasteiger partial charge >= 0.3 is 77.6 Å². The quantitative estimate of drug-likeness (QED) is 0.0504. The number of carbonyl (C=O) groups excluding carboxylic acids is 17. The standard InChI is InChI=1S/C76H106N4O41.C4H10/c1-31(22-47-48(98-17)23-49(99-18)62(101-20)61(47)100-19)60(95)32(2)77-26-52-59(80-35(5)83)67(63(111-43(13)91)56(115-52)30-106-75(73(96)102-21)24-50(107-39(9)87)57(78-33(3)81)68(119-75)64(112-44(14)92)53(109-41(11)89)27-103-36(6)84)117-72-71(114-46(16)94)70-66(55(116-72)29-105-38(8)86)118-74(97)76(121-70)25-51(108-40(10)88)58(79-34(4)82)69(120-76)65(113-45(15)93)54(110-42(12)90)28-104-37(7)85;1-4(2)3/h23,31-32,50-59,63-72,77H,22,24-30H2,1-21H3,(H,78,81)(H,79,82)(H,80,83);4H,1-3H3/t31?,32-,50-,51+,52+,53-,54-,55?,56?,57-,58?,59?,63+,64-,65-,66+,67-,68?,69?,70+,71?,72+,75-,76+;/m1./s1. The Kier molecular flexibility index (Phi) is 39.9. The summed E-state index contributed by atoms with van der Waals surface area (Å²) in [5.41, 5.74) is 0.380. The lowest BCUT2D eigenvalue weighted by molar-refractivity contribution is -0.401. The number of fused-ring (bicyclic) bond motifs is 1. The first-order chi connectivity index (χ1) is 58.5. The van der Waals surface area contributed by atoms with Crippen molar-refractivity contribution in [1.29, 1.82) is 0 Å². The van der Waals surface area contributed by atoms with Gasteiger partial charge in [-0.1, -0.05) is 27.7 Å². The summed E-state index contributed by atoms with van der Waals surface area (Å²) >= 11 is 0. The first-order valence-electron chi connectivity index (χ1n) is 39.7. The maximum Gasteiger partial charge on any atom is 0.367 e. The van der Waals surface area contributed by atoms with Crippen molar-refractivity contribution in [2.75, 3.05) is 68.5 Å². The molecule has 0 saturated carbocycles. The van der Waals surface area contributed by atoms with Gasteiger partial charge in [0.2, 0.25) is 23.5 Å². The molecule has 0 aromatic heterocycles. The molecule has 5 saturated heterocycles. The molecule has 702 valence electrons. The van der Waals surface area contributed by atoms with E-state index in [1.165, 1.54) is 41.4 Å². The summed E-state index contributed by atoms with van der Waals surface area (Å²) in [6, 6.07) is -4.95. The van der Waals surface area contributed by atoms with Crippen LogP contribution in [0, 0.1) is 11.8 Å². The number of methoxy groups -OCH3 is 5. The van der Waals surface area contributed by atoms with Crippen LogP contribution in [0.1, 0.15) is 150 Å². The van der Waals surface area contributed by atoms with Gasteiger partial charge in [0.05, 0.1) is 85.3 Å². The second kappa shape index (κ2) is 47.6. The van der Waals surface area contributed by atoms with Crippen LogP contribution in [0.3, 0.4) is 0 Å². The molecule has 0 aliphatic carbocycles. The van der Waals surface area contributed by atoms with E-state index in [4.69, 9.17) is 114 Å². The number of hydrogen-bond donors (Lipinski definition) is 4. The van der Waals surface area contributed by atoms with Crippen molar-refractivity contribution in [2.24, 2.45) is 11.8 Å². The van der Waals surface area contributed by atoms with E-state index in [0.717, 1.165) is 110 Å². The van der Waals surface area contributed by atoms with Gasteiger partial charge in [0.15, 0.2) is 66.3 Å². The second-order valence-electron chi connectivity index (χ2n) is 30.4. The van der Waals surface area contributed by atoms with Crippen LogP contribution in [0.5, 0.6) is 23.0 Å². The molecule has 0 radical (unpaired) electrons. The minimum absolute atomic E-state index is 0.0618. The molecule has 5 fully saturated rings. The highest BCUT2D eigenvalue weighted by Crippen LogP contribution is 2.48. The summed E-state index contributed by atoms with van der Waals surface area (Å²) in [7, 11) is 6.35. The van der Waals surface area contributed by atoms with Crippen LogP contribution in [0.25, 0.3) is 0 Å². The number of ketones is 1. The second-order valence-corrected chi connectivity index (χ2v) is 30.4. The molecule has 0 bridgehead atoms. The molecule has 45 nitrogen and oxygen atoms in total. The monoisotopic (exact) mass is 1790 g/mol. The molecule has 8 unspecified atom stereocenters. The van der Waals surface area contributed by atoms with E-state index in [-0.39, 0.29) is 29.4 Å². The fraction of sp³-hybridized carbons (Fsp3) is 0.713. The Bertz CT molecular complexity index is 4020. The average molecular weight is 1790 g/mol. The third-order valence-electron chi connectivity index (χ3n) is 19.1. The van der Waals surface area contributed by atoms with E-state index in [0.29, 0.717) is 5.56 Å². The smallest absolute Gasteiger partial charge is 0.367 e. The lowest BCUT2D eigenvalue weighted by Gasteiger charge is -2.55. The number of Topliss-reactive ketones (excluding diaryl/α,β-unsaturated/α-hetero) is 1. The molecule has 6 rings (SSSR count). The molecular formula is C80H116N4O41. The van der Waals surface area contributed by atoms with Gasteiger partial charge in [-0.2, -0.15) is 0 Å². The molecule has 24 atom stereocenters. The van der Waals surface area contributed by atoms with Crippen molar-refractivity contribution in [3.05, 3.63) is 11.6 Å². The van der Waals surface area contributed by atoms with Gasteiger partial charge < -0.3 is 135 Å². The van der Waals surface area contributed by atoms with Crippen LogP contribution < -0.4 is 40.2 Å². The minimum Gasteiger partial charge on any atom is -0.496 e. The third kappa shape index (κ3) is 29.4. The van der Waals surface area contributed by atoms with Crippen LogP contribution >= 0.6 is 0 Å². The third-order valence-corrected chi connectivity index (χ3v) is 19.1. The van der Waals surface area contributed by atoms with Crippen LogP contribution in [-0.2, 0) is 183 Å². The number of carbonyl (C=O) groups is 17. The minimum atomic E-state index is -3.08. The van der Waals surface area contributed by atoms with Crippen molar-refractivity contribution in [2.45, 2.75) is 291 Å². The predicted molar refractivity (Wildman–Crippen MR) is 415 cm³/mol. The molecule has 1 aromatic rings. The lowest BCUT2D eigenvalue weighted by Crippen LogP contribution is -2.75. The summed E-state index contributed by atoms with van der Waals surface area (Å²) in [4.78, 5) is 230. The number of benzene rings is 1.